The maximum absolute atomic E-state index is 12.5. The molecule has 7 nitrogen and oxygen atoms in total. The molecule has 8 heteroatoms. The first-order chi connectivity index (χ1) is 13.6. The summed E-state index contributed by atoms with van der Waals surface area (Å²) < 4.78 is 17.4. The average Bonchev–Trinajstić information content (AvgIpc) is 3.16. The number of rotatable bonds is 5. The van der Waals surface area contributed by atoms with Crippen LogP contribution in [0.25, 0.3) is 0 Å². The lowest BCUT2D eigenvalue weighted by Gasteiger charge is -2.43. The summed E-state index contributed by atoms with van der Waals surface area (Å²) in [4.78, 5) is 27.1. The van der Waals surface area contributed by atoms with Crippen LogP contribution in [0.1, 0.15) is 52.2 Å². The van der Waals surface area contributed by atoms with E-state index in [1.165, 1.54) is 11.3 Å². The third-order valence-corrected chi connectivity index (χ3v) is 7.26. The number of hydrogen-bond acceptors (Lipinski definition) is 6. The second-order valence-electron chi connectivity index (χ2n) is 7.75. The minimum Gasteiger partial charge on any atom is -0.477 e. The number of thiophene rings is 1. The van der Waals surface area contributed by atoms with Crippen LogP contribution >= 0.6 is 11.3 Å². The van der Waals surface area contributed by atoms with Crippen LogP contribution in [-0.4, -0.2) is 67.5 Å². The zero-order chi connectivity index (χ0) is 19.6. The standard InChI is InChI=1S/C20H27NO6S/c22-17(13-25-12-15-3-1-2-9-26-15)21-7-5-20(6-8-21)18-14(4-10-27-20)11-16(28-18)19(23)24/h11,15H,1-10,12-13H2,(H,23,24). The number of fused-ring (bicyclic) bond motifs is 2. The van der Waals surface area contributed by atoms with Gasteiger partial charge in [0, 0.05) is 24.6 Å². The van der Waals surface area contributed by atoms with E-state index < -0.39 is 11.6 Å². The zero-order valence-electron chi connectivity index (χ0n) is 16.0. The first-order valence-corrected chi connectivity index (χ1v) is 10.9. The Bertz CT molecular complexity index is 718. The molecule has 1 unspecified atom stereocenters. The van der Waals surface area contributed by atoms with Gasteiger partial charge in [0.2, 0.25) is 5.91 Å². The fourth-order valence-corrected chi connectivity index (χ4v) is 5.57. The molecule has 28 heavy (non-hydrogen) atoms. The third kappa shape index (κ3) is 4.10. The molecule has 0 aromatic carbocycles. The number of hydrogen-bond donors (Lipinski definition) is 1. The normalized spacial score (nSPS) is 24.1. The van der Waals surface area contributed by atoms with Gasteiger partial charge in [-0.1, -0.05) is 0 Å². The predicted octanol–water partition coefficient (Wildman–Crippen LogP) is 2.42. The van der Waals surface area contributed by atoms with E-state index in [1.807, 2.05) is 4.90 Å². The van der Waals surface area contributed by atoms with Gasteiger partial charge in [0.25, 0.3) is 0 Å². The molecule has 0 bridgehead atoms. The van der Waals surface area contributed by atoms with Crippen molar-refractivity contribution in [2.24, 2.45) is 0 Å². The molecule has 0 radical (unpaired) electrons. The lowest BCUT2D eigenvalue weighted by molar-refractivity contribution is -0.146. The lowest BCUT2D eigenvalue weighted by Crippen LogP contribution is -2.48. The molecule has 1 N–H and O–H groups in total. The molecule has 154 valence electrons. The molecule has 1 aromatic heterocycles. The van der Waals surface area contributed by atoms with Crippen LogP contribution in [0.4, 0.5) is 0 Å². The predicted molar refractivity (Wildman–Crippen MR) is 103 cm³/mol. The average molecular weight is 410 g/mol. The maximum Gasteiger partial charge on any atom is 0.345 e. The van der Waals surface area contributed by atoms with Crippen molar-refractivity contribution in [2.45, 2.75) is 50.2 Å². The molecule has 1 aromatic rings. The molecular weight excluding hydrogens is 382 g/mol. The summed E-state index contributed by atoms with van der Waals surface area (Å²) in [6.07, 6.45) is 5.51. The van der Waals surface area contributed by atoms with Gasteiger partial charge in [-0.15, -0.1) is 11.3 Å². The highest BCUT2D eigenvalue weighted by Crippen LogP contribution is 2.45. The molecule has 1 amide bonds. The van der Waals surface area contributed by atoms with E-state index in [-0.39, 0.29) is 18.6 Å². The highest BCUT2D eigenvalue weighted by atomic mass is 32.1. The molecule has 1 spiro atoms. The van der Waals surface area contributed by atoms with Crippen molar-refractivity contribution in [1.82, 2.24) is 4.90 Å². The number of carboxylic acids is 1. The van der Waals surface area contributed by atoms with E-state index in [0.29, 0.717) is 44.0 Å². The van der Waals surface area contributed by atoms with Crippen molar-refractivity contribution in [3.05, 3.63) is 21.4 Å². The van der Waals surface area contributed by atoms with Crippen molar-refractivity contribution < 1.29 is 28.9 Å². The highest BCUT2D eigenvalue weighted by Gasteiger charge is 2.43. The van der Waals surface area contributed by atoms with E-state index in [4.69, 9.17) is 14.2 Å². The molecule has 3 aliphatic heterocycles. The first-order valence-electron chi connectivity index (χ1n) is 10.0. The van der Waals surface area contributed by atoms with Gasteiger partial charge >= 0.3 is 5.97 Å². The summed E-state index contributed by atoms with van der Waals surface area (Å²) in [5.41, 5.74) is 0.642. The minimum absolute atomic E-state index is 0.000836. The summed E-state index contributed by atoms with van der Waals surface area (Å²) in [6, 6.07) is 1.78. The van der Waals surface area contributed by atoms with Crippen LogP contribution in [0.2, 0.25) is 0 Å². The van der Waals surface area contributed by atoms with Gasteiger partial charge in [-0.05, 0) is 50.2 Å². The summed E-state index contributed by atoms with van der Waals surface area (Å²) in [7, 11) is 0. The van der Waals surface area contributed by atoms with Gasteiger partial charge in [0.15, 0.2) is 0 Å². The second-order valence-corrected chi connectivity index (χ2v) is 8.80. The van der Waals surface area contributed by atoms with E-state index in [2.05, 4.69) is 0 Å². The number of ether oxygens (including phenoxy) is 3. The Hall–Kier alpha value is -1.48. The van der Waals surface area contributed by atoms with Crippen LogP contribution in [0.5, 0.6) is 0 Å². The minimum atomic E-state index is -0.888. The monoisotopic (exact) mass is 409 g/mol. The summed E-state index contributed by atoms with van der Waals surface area (Å²) in [5, 5.41) is 9.31. The fourth-order valence-electron chi connectivity index (χ4n) is 4.32. The first kappa shape index (κ1) is 19.8. The van der Waals surface area contributed by atoms with Gasteiger partial charge in [-0.3, -0.25) is 4.79 Å². The van der Waals surface area contributed by atoms with E-state index >= 15 is 0 Å². The van der Waals surface area contributed by atoms with E-state index in [1.54, 1.807) is 6.07 Å². The van der Waals surface area contributed by atoms with Gasteiger partial charge in [0.1, 0.15) is 17.1 Å². The Morgan fingerprint density at radius 1 is 1.29 bits per heavy atom. The molecule has 0 aliphatic carbocycles. The number of amides is 1. The topological polar surface area (TPSA) is 85.3 Å². The second kappa shape index (κ2) is 8.49. The number of carboxylic acid groups (broad SMARTS) is 1. The Morgan fingerprint density at radius 2 is 2.11 bits per heavy atom. The maximum atomic E-state index is 12.5. The smallest absolute Gasteiger partial charge is 0.345 e. The molecule has 1 atom stereocenters. The van der Waals surface area contributed by atoms with Gasteiger partial charge in [-0.2, -0.15) is 0 Å². The molecule has 4 heterocycles. The molecule has 4 rings (SSSR count). The Balaban J connectivity index is 1.31. The third-order valence-electron chi connectivity index (χ3n) is 5.91. The molecular formula is C20H27NO6S. The van der Waals surface area contributed by atoms with Crippen molar-refractivity contribution in [2.75, 3.05) is 39.5 Å². The Morgan fingerprint density at radius 3 is 2.82 bits per heavy atom. The SMILES string of the molecule is O=C(O)c1cc2c(s1)C1(CCN(C(=O)COCC3CCCCO3)CC1)OCC2. The number of piperidine rings is 1. The molecule has 3 aliphatic rings. The molecule has 2 saturated heterocycles. The van der Waals surface area contributed by atoms with E-state index in [9.17, 15) is 14.7 Å². The van der Waals surface area contributed by atoms with Crippen LogP contribution in [0.3, 0.4) is 0 Å². The largest absolute Gasteiger partial charge is 0.477 e. The number of likely N-dealkylation sites (tertiary alicyclic amines) is 1. The number of aromatic carboxylic acids is 1. The molecule has 2 fully saturated rings. The molecule has 0 saturated carbocycles. The fraction of sp³-hybridized carbons (Fsp3) is 0.700. The van der Waals surface area contributed by atoms with Crippen molar-refractivity contribution in [3.8, 4) is 0 Å². The summed E-state index contributed by atoms with van der Waals surface area (Å²) >= 11 is 1.32. The van der Waals surface area contributed by atoms with Crippen molar-refractivity contribution in [3.63, 3.8) is 0 Å². The van der Waals surface area contributed by atoms with Gasteiger partial charge < -0.3 is 24.2 Å². The Labute approximate surface area is 168 Å². The van der Waals surface area contributed by atoms with Crippen LogP contribution in [0.15, 0.2) is 6.07 Å². The van der Waals surface area contributed by atoms with Crippen LogP contribution in [-0.2, 0) is 31.0 Å². The van der Waals surface area contributed by atoms with Crippen LogP contribution < -0.4 is 0 Å². The zero-order valence-corrected chi connectivity index (χ0v) is 16.8. The van der Waals surface area contributed by atoms with Crippen LogP contribution in [0, 0.1) is 0 Å². The van der Waals surface area contributed by atoms with E-state index in [0.717, 1.165) is 42.7 Å². The quantitative estimate of drug-likeness (QED) is 0.804. The van der Waals surface area contributed by atoms with Crippen molar-refractivity contribution >= 4 is 23.2 Å². The van der Waals surface area contributed by atoms with Crippen molar-refractivity contribution in [1.29, 1.82) is 0 Å². The lowest BCUT2D eigenvalue weighted by atomic mass is 9.85. The highest BCUT2D eigenvalue weighted by molar-refractivity contribution is 7.14. The van der Waals surface area contributed by atoms with Gasteiger partial charge in [-0.25, -0.2) is 4.79 Å². The summed E-state index contributed by atoms with van der Waals surface area (Å²) in [6.45, 7) is 3.14. The summed E-state index contributed by atoms with van der Waals surface area (Å²) in [5.74, 6) is -0.889. The number of carbonyl (C=O) groups is 2. The Kier molecular flexibility index (Phi) is 6.01. The number of nitrogens with zero attached hydrogens (tertiary/aromatic N) is 1. The number of carbonyl (C=O) groups excluding carboxylic acids is 1. The van der Waals surface area contributed by atoms with Gasteiger partial charge in [0.05, 0.1) is 19.3 Å².